The van der Waals surface area contributed by atoms with E-state index in [0.717, 1.165) is 64.8 Å². The van der Waals surface area contributed by atoms with Crippen molar-refractivity contribution in [1.82, 2.24) is 22.3 Å². The molecule has 4 heterocycles. The van der Waals surface area contributed by atoms with Gasteiger partial charge in [0, 0.05) is 5.92 Å². The van der Waals surface area contributed by atoms with Gasteiger partial charge in [-0.15, -0.1) is 0 Å². The van der Waals surface area contributed by atoms with Gasteiger partial charge in [0.25, 0.3) is 0 Å². The van der Waals surface area contributed by atoms with Crippen LogP contribution in [0, 0.1) is 30.1 Å². The van der Waals surface area contributed by atoms with Gasteiger partial charge >= 0.3 is 148 Å². The Labute approximate surface area is 208 Å². The molecule has 0 amide bonds. The Morgan fingerprint density at radius 3 is 3.06 bits per heavy atom. The fourth-order valence-corrected chi connectivity index (χ4v) is 6.57. The molecule has 172 valence electrons. The number of imidazole rings is 1. The van der Waals surface area contributed by atoms with Gasteiger partial charge in [0.2, 0.25) is 0 Å². The van der Waals surface area contributed by atoms with E-state index in [1.54, 1.807) is 0 Å². The Morgan fingerprint density at radius 1 is 1.30 bits per heavy atom. The Morgan fingerprint density at radius 2 is 2.21 bits per heavy atom. The first-order chi connectivity index (χ1) is 16.2. The number of aromatic nitrogens is 4. The Balaban J connectivity index is 1.32. The molecule has 1 aliphatic carbocycles. The molecular formula is C24H27IN7S-. The summed E-state index contributed by atoms with van der Waals surface area (Å²) < 4.78 is 12.4. The predicted molar refractivity (Wildman–Crippen MR) is 127 cm³/mol. The van der Waals surface area contributed by atoms with E-state index in [9.17, 15) is 5.26 Å². The van der Waals surface area contributed by atoms with Crippen molar-refractivity contribution < 1.29 is 21.5 Å². The van der Waals surface area contributed by atoms with Crippen molar-refractivity contribution in [3.63, 3.8) is 0 Å². The predicted octanol–water partition coefficient (Wildman–Crippen LogP) is 2.35. The minimum absolute atomic E-state index is 0.0730. The summed E-state index contributed by atoms with van der Waals surface area (Å²) in [6, 6.07) is 4.63. The van der Waals surface area contributed by atoms with E-state index in [4.69, 9.17) is 9.36 Å². The third-order valence-electron chi connectivity index (χ3n) is 6.31. The molecule has 5 rings (SSSR count). The van der Waals surface area contributed by atoms with Crippen LogP contribution in [0.15, 0.2) is 34.8 Å². The molecule has 2 unspecified atom stereocenters. The van der Waals surface area contributed by atoms with Gasteiger partial charge in [-0.25, -0.2) is 0 Å². The number of allylic oxidation sites excluding steroid dienone is 2. The van der Waals surface area contributed by atoms with Crippen LogP contribution >= 0.6 is 11.5 Å². The molecule has 9 heteroatoms. The number of halogens is 1. The SMILES string of the molecule is Cc1cn2c(C3=CN[I-]C=C3)cnc2c(Nc2cc(CC3CCCCC(C#N)CC3)ns2)n1. The number of hydrogen-bond donors (Lipinski definition) is 2. The molecule has 0 spiro atoms. The van der Waals surface area contributed by atoms with Crippen LogP contribution in [-0.4, -0.2) is 18.7 Å². The second-order valence-corrected chi connectivity index (χ2v) is 11.5. The summed E-state index contributed by atoms with van der Waals surface area (Å²) in [6.45, 7) is 2.00. The Hall–Kier alpha value is -2.45. The first kappa shape index (κ1) is 22.3. The topological polar surface area (TPSA) is 90.9 Å². The van der Waals surface area contributed by atoms with E-state index in [1.807, 2.05) is 19.3 Å². The van der Waals surface area contributed by atoms with Crippen molar-refractivity contribution in [2.24, 2.45) is 11.8 Å². The van der Waals surface area contributed by atoms with Crippen LogP contribution in [0.4, 0.5) is 10.8 Å². The first-order valence-electron chi connectivity index (χ1n) is 11.4. The molecule has 7 nitrogen and oxygen atoms in total. The van der Waals surface area contributed by atoms with Gasteiger partial charge in [0.05, 0.1) is 6.07 Å². The number of rotatable bonds is 5. The van der Waals surface area contributed by atoms with E-state index in [1.165, 1.54) is 30.8 Å². The summed E-state index contributed by atoms with van der Waals surface area (Å²) in [5.74, 6) is 1.59. The van der Waals surface area contributed by atoms with E-state index >= 15 is 0 Å². The van der Waals surface area contributed by atoms with E-state index in [-0.39, 0.29) is 27.4 Å². The number of hydrogen-bond acceptors (Lipinski definition) is 7. The quantitative estimate of drug-likeness (QED) is 0.361. The maximum absolute atomic E-state index is 9.31. The molecule has 3 aromatic rings. The van der Waals surface area contributed by atoms with Crippen molar-refractivity contribution in [1.29, 1.82) is 5.26 Å². The number of nitrogens with one attached hydrogen (secondary N) is 2. The van der Waals surface area contributed by atoms with Crippen LogP contribution in [0.5, 0.6) is 0 Å². The van der Waals surface area contributed by atoms with E-state index in [2.05, 4.69) is 46.7 Å². The van der Waals surface area contributed by atoms with Gasteiger partial charge in [0.15, 0.2) is 0 Å². The first-order valence-corrected chi connectivity index (χ1v) is 14.5. The van der Waals surface area contributed by atoms with E-state index in [0.29, 0.717) is 5.92 Å². The number of aryl methyl sites for hydroxylation is 1. The third-order valence-corrected chi connectivity index (χ3v) is 8.44. The van der Waals surface area contributed by atoms with Crippen molar-refractivity contribution >= 4 is 33.6 Å². The number of fused-ring (bicyclic) bond motifs is 1. The van der Waals surface area contributed by atoms with Gasteiger partial charge in [-0.2, -0.15) is 5.26 Å². The van der Waals surface area contributed by atoms with Gasteiger partial charge in [0.1, 0.15) is 0 Å². The van der Waals surface area contributed by atoms with Crippen LogP contribution < -0.4 is 30.3 Å². The number of anilines is 2. The maximum atomic E-state index is 9.31. The standard InChI is InChI=1S/C24H27IN7S/c1-16-15-32-21(19-8-9-25-28-13-19)14-27-24(32)23(29-16)30-22-11-20(31-33-22)10-17-4-2-3-5-18(12-26)7-6-17/h8-9,11,13-15,17-18,28H,2-7,10H2,1H3,(H,29,30)/q-1. The monoisotopic (exact) mass is 572 g/mol. The average Bonchev–Trinajstić information content (AvgIpc) is 3.43. The number of nitriles is 1. The van der Waals surface area contributed by atoms with Crippen LogP contribution in [0.25, 0.3) is 11.2 Å². The zero-order valence-electron chi connectivity index (χ0n) is 18.6. The summed E-state index contributed by atoms with van der Waals surface area (Å²) in [6.07, 6.45) is 16.0. The molecule has 0 aromatic carbocycles. The number of nitrogens with zero attached hydrogens (tertiary/aromatic N) is 5. The molecule has 1 fully saturated rings. The van der Waals surface area contributed by atoms with Gasteiger partial charge in [-0.3, -0.25) is 0 Å². The zero-order valence-corrected chi connectivity index (χ0v) is 21.6. The summed E-state index contributed by atoms with van der Waals surface area (Å²) in [5, 5.41) is 13.8. The third kappa shape index (κ3) is 5.22. The fraction of sp³-hybridized carbons (Fsp3) is 0.417. The van der Waals surface area contributed by atoms with Crippen LogP contribution in [-0.2, 0) is 6.42 Å². The molecule has 3 aromatic heterocycles. The van der Waals surface area contributed by atoms with Crippen molar-refractivity contribution in [3.05, 3.63) is 51.9 Å². The molecule has 33 heavy (non-hydrogen) atoms. The molecular weight excluding hydrogens is 545 g/mol. The fourth-order valence-electron chi connectivity index (χ4n) is 4.60. The Kier molecular flexibility index (Phi) is 6.92. The van der Waals surface area contributed by atoms with E-state index < -0.39 is 0 Å². The Bertz CT molecular complexity index is 1240. The van der Waals surface area contributed by atoms with Crippen molar-refractivity contribution in [3.8, 4) is 6.07 Å². The summed E-state index contributed by atoms with van der Waals surface area (Å²) in [7, 11) is 0. The second kappa shape index (κ2) is 10.2. The van der Waals surface area contributed by atoms with Crippen LogP contribution in [0.2, 0.25) is 0 Å². The molecule has 1 aliphatic heterocycles. The van der Waals surface area contributed by atoms with Crippen molar-refractivity contribution in [2.45, 2.75) is 51.9 Å². The molecule has 2 aliphatic rings. The normalized spacial score (nSPS) is 21.3. The zero-order chi connectivity index (χ0) is 22.6. The summed E-state index contributed by atoms with van der Waals surface area (Å²) in [4.78, 5) is 9.39. The minimum atomic E-state index is -0.0730. The van der Waals surface area contributed by atoms with Gasteiger partial charge in [-0.1, -0.05) is 19.3 Å². The average molecular weight is 573 g/mol. The second-order valence-electron chi connectivity index (χ2n) is 8.74. The molecule has 0 saturated heterocycles. The van der Waals surface area contributed by atoms with Gasteiger partial charge in [-0.05, 0) is 25.2 Å². The molecule has 0 bridgehead atoms. The summed E-state index contributed by atoms with van der Waals surface area (Å²) >= 11 is 1.40. The molecule has 2 N–H and O–H groups in total. The molecule has 1 saturated carbocycles. The summed E-state index contributed by atoms with van der Waals surface area (Å²) in [5.41, 5.74) is 5.04. The van der Waals surface area contributed by atoms with Crippen LogP contribution in [0.3, 0.4) is 0 Å². The van der Waals surface area contributed by atoms with Crippen molar-refractivity contribution in [2.75, 3.05) is 5.32 Å². The van der Waals surface area contributed by atoms with Gasteiger partial charge < -0.3 is 0 Å². The molecule has 0 radical (unpaired) electrons. The van der Waals surface area contributed by atoms with Crippen LogP contribution in [0.1, 0.15) is 55.6 Å². The molecule has 2 atom stereocenters.